The van der Waals surface area contributed by atoms with E-state index in [4.69, 9.17) is 4.74 Å². The topological polar surface area (TPSA) is 71.0 Å². The predicted molar refractivity (Wildman–Crippen MR) is 88.2 cm³/mol. The van der Waals surface area contributed by atoms with E-state index in [0.717, 1.165) is 11.1 Å². The second kappa shape index (κ2) is 5.72. The van der Waals surface area contributed by atoms with Crippen molar-refractivity contribution in [3.05, 3.63) is 46.0 Å². The number of phenols is 1. The lowest BCUT2D eigenvalue weighted by Gasteiger charge is -2.03. The minimum atomic E-state index is 0.0923. The van der Waals surface area contributed by atoms with Gasteiger partial charge in [0.1, 0.15) is 0 Å². The van der Waals surface area contributed by atoms with Gasteiger partial charge in [-0.3, -0.25) is 5.10 Å². The minimum absolute atomic E-state index is 0.0923. The number of nitrogens with zero attached hydrogens (tertiary/aromatic N) is 2. The van der Waals surface area contributed by atoms with Crippen molar-refractivity contribution in [1.29, 1.82) is 0 Å². The quantitative estimate of drug-likeness (QED) is 0.669. The number of hydrogen-bond acceptors (Lipinski definition) is 4. The molecule has 0 spiro atoms. The van der Waals surface area contributed by atoms with E-state index in [1.54, 1.807) is 18.2 Å². The molecule has 0 bridgehead atoms. The lowest BCUT2D eigenvalue weighted by Crippen LogP contribution is -1.86. The first-order chi connectivity index (χ1) is 10.2. The zero-order valence-corrected chi connectivity index (χ0v) is 13.3. The fraction of sp³-hybridized carbons (Fsp3) is 0.0667. The molecule has 1 heterocycles. The average Bonchev–Trinajstić information content (AvgIpc) is 2.98. The number of halogens is 1. The van der Waals surface area contributed by atoms with Gasteiger partial charge in [0.05, 0.1) is 7.11 Å². The molecule has 106 valence electrons. The number of aromatic nitrogens is 3. The Morgan fingerprint density at radius 2 is 1.81 bits per heavy atom. The molecule has 0 aliphatic carbocycles. The minimum Gasteiger partial charge on any atom is -0.504 e. The maximum Gasteiger partial charge on any atom is 0.181 e. The van der Waals surface area contributed by atoms with Gasteiger partial charge in [0.25, 0.3) is 0 Å². The number of phenolic OH excluding ortho intramolecular Hbond substituents is 1. The normalized spacial score (nSPS) is 10.6. The molecule has 2 aromatic carbocycles. The Hall–Kier alpha value is -2.09. The van der Waals surface area contributed by atoms with E-state index >= 15 is 0 Å². The van der Waals surface area contributed by atoms with Gasteiger partial charge in [-0.25, -0.2) is 4.98 Å². The van der Waals surface area contributed by atoms with E-state index in [2.05, 4.69) is 37.8 Å². The third kappa shape index (κ3) is 2.85. The van der Waals surface area contributed by atoms with Crippen LogP contribution in [0, 0.1) is 3.57 Å². The first-order valence-corrected chi connectivity index (χ1v) is 7.31. The molecule has 0 saturated heterocycles. The zero-order chi connectivity index (χ0) is 14.8. The molecule has 1 aromatic heterocycles. The van der Waals surface area contributed by atoms with Crippen LogP contribution in [0.5, 0.6) is 11.5 Å². The highest BCUT2D eigenvalue weighted by Gasteiger charge is 2.10. The van der Waals surface area contributed by atoms with Crippen LogP contribution in [0.2, 0.25) is 0 Å². The first-order valence-electron chi connectivity index (χ1n) is 6.23. The van der Waals surface area contributed by atoms with Crippen molar-refractivity contribution in [2.24, 2.45) is 0 Å². The van der Waals surface area contributed by atoms with Gasteiger partial charge in [0.15, 0.2) is 23.1 Å². The highest BCUT2D eigenvalue weighted by molar-refractivity contribution is 14.1. The van der Waals surface area contributed by atoms with Crippen molar-refractivity contribution in [3.8, 4) is 34.3 Å². The van der Waals surface area contributed by atoms with Crippen LogP contribution in [-0.2, 0) is 0 Å². The Morgan fingerprint density at radius 1 is 1.10 bits per heavy atom. The van der Waals surface area contributed by atoms with Crippen molar-refractivity contribution in [3.63, 3.8) is 0 Å². The van der Waals surface area contributed by atoms with E-state index in [-0.39, 0.29) is 5.75 Å². The molecule has 0 saturated carbocycles. The van der Waals surface area contributed by atoms with Crippen molar-refractivity contribution in [2.45, 2.75) is 0 Å². The summed E-state index contributed by atoms with van der Waals surface area (Å²) >= 11 is 2.26. The van der Waals surface area contributed by atoms with Crippen LogP contribution in [0.1, 0.15) is 0 Å². The van der Waals surface area contributed by atoms with Crippen molar-refractivity contribution in [2.75, 3.05) is 7.11 Å². The van der Waals surface area contributed by atoms with Crippen molar-refractivity contribution in [1.82, 2.24) is 15.2 Å². The largest absolute Gasteiger partial charge is 0.504 e. The average molecular weight is 393 g/mol. The summed E-state index contributed by atoms with van der Waals surface area (Å²) in [6.07, 6.45) is 0. The third-order valence-electron chi connectivity index (χ3n) is 3.04. The van der Waals surface area contributed by atoms with Crippen molar-refractivity contribution >= 4 is 22.6 Å². The van der Waals surface area contributed by atoms with Gasteiger partial charge in [0.2, 0.25) is 0 Å². The molecular weight excluding hydrogens is 381 g/mol. The van der Waals surface area contributed by atoms with Gasteiger partial charge in [-0.05, 0) is 52.9 Å². The van der Waals surface area contributed by atoms with Crippen LogP contribution in [0.3, 0.4) is 0 Å². The zero-order valence-electron chi connectivity index (χ0n) is 11.2. The molecule has 21 heavy (non-hydrogen) atoms. The maximum atomic E-state index is 9.62. The number of hydrogen-bond donors (Lipinski definition) is 2. The highest BCUT2D eigenvalue weighted by atomic mass is 127. The van der Waals surface area contributed by atoms with Crippen LogP contribution in [0.4, 0.5) is 0 Å². The molecule has 0 fully saturated rings. The lowest BCUT2D eigenvalue weighted by atomic mass is 10.2. The summed E-state index contributed by atoms with van der Waals surface area (Å²) in [5.74, 6) is 1.75. The second-order valence-corrected chi connectivity index (χ2v) is 5.65. The fourth-order valence-electron chi connectivity index (χ4n) is 1.94. The molecule has 3 aromatic rings. The van der Waals surface area contributed by atoms with Gasteiger partial charge < -0.3 is 9.84 Å². The van der Waals surface area contributed by atoms with Crippen LogP contribution in [-0.4, -0.2) is 27.4 Å². The number of methoxy groups -OCH3 is 1. The summed E-state index contributed by atoms with van der Waals surface area (Å²) in [5, 5.41) is 16.8. The Bertz CT molecular complexity index is 769. The number of aromatic amines is 1. The molecule has 0 aliphatic heterocycles. The van der Waals surface area contributed by atoms with Gasteiger partial charge in [-0.2, -0.15) is 5.10 Å². The standard InChI is InChI=1S/C15H12IN3O2/c1-21-13-8-10(4-7-12(13)20)15-17-14(18-19-15)9-2-5-11(16)6-3-9/h2-8,20H,1H3,(H,17,18,19). The summed E-state index contributed by atoms with van der Waals surface area (Å²) in [7, 11) is 1.51. The molecule has 6 heteroatoms. The van der Waals surface area contributed by atoms with E-state index < -0.39 is 0 Å². The summed E-state index contributed by atoms with van der Waals surface area (Å²) in [5.41, 5.74) is 1.75. The molecule has 2 N–H and O–H groups in total. The number of aromatic hydroxyl groups is 1. The Balaban J connectivity index is 1.96. The number of rotatable bonds is 3. The monoisotopic (exact) mass is 393 g/mol. The van der Waals surface area contributed by atoms with Gasteiger partial charge in [-0.1, -0.05) is 12.1 Å². The van der Waals surface area contributed by atoms with Crippen molar-refractivity contribution < 1.29 is 9.84 Å². The number of ether oxygens (including phenoxy) is 1. The molecule has 5 nitrogen and oxygen atoms in total. The Labute approximate surface area is 135 Å². The summed E-state index contributed by atoms with van der Waals surface area (Å²) in [4.78, 5) is 4.48. The molecule has 3 rings (SSSR count). The fourth-order valence-corrected chi connectivity index (χ4v) is 2.30. The first kappa shape index (κ1) is 13.9. The third-order valence-corrected chi connectivity index (χ3v) is 3.76. The Morgan fingerprint density at radius 3 is 2.52 bits per heavy atom. The second-order valence-electron chi connectivity index (χ2n) is 4.40. The highest BCUT2D eigenvalue weighted by Crippen LogP contribution is 2.30. The molecule has 0 amide bonds. The maximum absolute atomic E-state index is 9.62. The molecule has 0 aliphatic rings. The van der Waals surface area contributed by atoms with Gasteiger partial charge >= 0.3 is 0 Å². The van der Waals surface area contributed by atoms with Gasteiger partial charge in [0, 0.05) is 14.7 Å². The van der Waals surface area contributed by atoms with Crippen LogP contribution < -0.4 is 4.74 Å². The van der Waals surface area contributed by atoms with E-state index in [9.17, 15) is 5.11 Å². The van der Waals surface area contributed by atoms with Gasteiger partial charge in [-0.15, -0.1) is 0 Å². The molecule has 0 atom stereocenters. The molecule has 0 unspecified atom stereocenters. The van der Waals surface area contributed by atoms with E-state index in [1.165, 1.54) is 10.7 Å². The summed E-state index contributed by atoms with van der Waals surface area (Å²) < 4.78 is 6.26. The Kier molecular flexibility index (Phi) is 3.78. The lowest BCUT2D eigenvalue weighted by molar-refractivity contribution is 0.373. The number of H-pyrrole nitrogens is 1. The number of benzene rings is 2. The van der Waals surface area contributed by atoms with Crippen LogP contribution in [0.15, 0.2) is 42.5 Å². The van der Waals surface area contributed by atoms with Crippen LogP contribution >= 0.6 is 22.6 Å². The van der Waals surface area contributed by atoms with Crippen LogP contribution in [0.25, 0.3) is 22.8 Å². The molecule has 0 radical (unpaired) electrons. The SMILES string of the molecule is COc1cc(-c2n[nH]c(-c3ccc(I)cc3)n2)ccc1O. The summed E-state index contributed by atoms with van der Waals surface area (Å²) in [6, 6.07) is 13.0. The summed E-state index contributed by atoms with van der Waals surface area (Å²) in [6.45, 7) is 0. The smallest absolute Gasteiger partial charge is 0.181 e. The van der Waals surface area contributed by atoms with E-state index in [0.29, 0.717) is 17.4 Å². The van der Waals surface area contributed by atoms with E-state index in [1.807, 2.05) is 24.3 Å². The number of nitrogens with one attached hydrogen (secondary N) is 1. The predicted octanol–water partition coefficient (Wildman–Crippen LogP) is 3.46. The molecular formula is C15H12IN3O2.